The quantitative estimate of drug-likeness (QED) is 0.645. The number of amides is 1. The van der Waals surface area contributed by atoms with Gasteiger partial charge in [0.2, 0.25) is 0 Å². The highest BCUT2D eigenvalue weighted by Crippen LogP contribution is 2.29. The van der Waals surface area contributed by atoms with E-state index in [0.29, 0.717) is 18.0 Å². The van der Waals surface area contributed by atoms with Crippen molar-refractivity contribution in [1.29, 1.82) is 0 Å². The molecule has 0 radical (unpaired) electrons. The van der Waals surface area contributed by atoms with Crippen molar-refractivity contribution in [1.82, 2.24) is 4.90 Å². The van der Waals surface area contributed by atoms with E-state index in [9.17, 15) is 15.0 Å². The Balaban J connectivity index is 2.15. The third kappa shape index (κ3) is 3.13. The molecule has 104 valence electrons. The summed E-state index contributed by atoms with van der Waals surface area (Å²) in [6.07, 6.45) is 3.96. The van der Waals surface area contributed by atoms with E-state index < -0.39 is 0 Å². The zero-order valence-corrected chi connectivity index (χ0v) is 11.4. The number of alkyl halides is 1. The molecule has 2 rings (SSSR count). The molecule has 0 aromatic heterocycles. The fourth-order valence-electron chi connectivity index (χ4n) is 2.20. The first-order valence-corrected chi connectivity index (χ1v) is 7.06. The Labute approximate surface area is 117 Å². The van der Waals surface area contributed by atoms with Crippen LogP contribution in [-0.2, 0) is 0 Å². The zero-order chi connectivity index (χ0) is 13.8. The van der Waals surface area contributed by atoms with Gasteiger partial charge >= 0.3 is 0 Å². The van der Waals surface area contributed by atoms with Crippen LogP contribution in [-0.4, -0.2) is 39.5 Å². The largest absolute Gasteiger partial charge is 0.504 e. The van der Waals surface area contributed by atoms with E-state index in [1.165, 1.54) is 18.2 Å². The normalized spacial score (nSPS) is 15.0. The Morgan fingerprint density at radius 1 is 1.32 bits per heavy atom. The lowest BCUT2D eigenvalue weighted by Crippen LogP contribution is -2.44. The van der Waals surface area contributed by atoms with E-state index >= 15 is 0 Å². The maximum Gasteiger partial charge on any atom is 0.254 e. The highest BCUT2D eigenvalue weighted by Gasteiger charge is 2.29. The van der Waals surface area contributed by atoms with Crippen LogP contribution in [0.15, 0.2) is 18.2 Å². The van der Waals surface area contributed by atoms with Gasteiger partial charge in [-0.1, -0.05) is 0 Å². The molecule has 0 bridgehead atoms. The summed E-state index contributed by atoms with van der Waals surface area (Å²) in [5, 5.41) is 18.8. The van der Waals surface area contributed by atoms with Crippen LogP contribution >= 0.6 is 11.6 Å². The molecule has 0 saturated heterocycles. The molecule has 19 heavy (non-hydrogen) atoms. The third-order valence-electron chi connectivity index (χ3n) is 3.53. The van der Waals surface area contributed by atoms with E-state index in [1.807, 2.05) is 4.90 Å². The van der Waals surface area contributed by atoms with Gasteiger partial charge in [0.25, 0.3) is 5.91 Å². The van der Waals surface area contributed by atoms with E-state index in [1.54, 1.807) is 0 Å². The highest BCUT2D eigenvalue weighted by molar-refractivity contribution is 6.17. The smallest absolute Gasteiger partial charge is 0.254 e. The Kier molecular flexibility index (Phi) is 4.53. The number of rotatable bonds is 5. The van der Waals surface area contributed by atoms with Crippen LogP contribution < -0.4 is 0 Å². The summed E-state index contributed by atoms with van der Waals surface area (Å²) >= 11 is 5.70. The van der Waals surface area contributed by atoms with E-state index in [2.05, 4.69) is 0 Å². The van der Waals surface area contributed by atoms with Crippen LogP contribution in [0.3, 0.4) is 0 Å². The number of benzene rings is 1. The third-order valence-corrected chi connectivity index (χ3v) is 3.80. The Morgan fingerprint density at radius 3 is 2.58 bits per heavy atom. The Bertz CT molecular complexity index is 460. The van der Waals surface area contributed by atoms with Crippen molar-refractivity contribution in [2.24, 2.45) is 0 Å². The molecule has 0 aliphatic heterocycles. The number of phenols is 2. The predicted octanol–water partition coefficient (Wildman–Crippen LogP) is 2.72. The number of hydrogen-bond acceptors (Lipinski definition) is 3. The van der Waals surface area contributed by atoms with Gasteiger partial charge in [0.05, 0.1) is 0 Å². The average molecular weight is 284 g/mol. The number of hydrogen-bond donors (Lipinski definition) is 2. The molecular formula is C14H18ClNO3. The number of halogens is 1. The number of aromatic hydroxyl groups is 2. The summed E-state index contributed by atoms with van der Waals surface area (Å²) in [6.45, 7) is 0.634. The summed E-state index contributed by atoms with van der Waals surface area (Å²) in [5.74, 6) is -0.0634. The molecule has 5 heteroatoms. The van der Waals surface area contributed by atoms with Crippen molar-refractivity contribution in [2.45, 2.75) is 31.7 Å². The van der Waals surface area contributed by atoms with Crippen molar-refractivity contribution in [2.75, 3.05) is 12.4 Å². The van der Waals surface area contributed by atoms with Gasteiger partial charge in [-0.3, -0.25) is 4.79 Å². The first-order valence-electron chi connectivity index (χ1n) is 6.52. The molecule has 1 aromatic carbocycles. The SMILES string of the molecule is O=C(c1ccc(O)c(O)c1)N(CCCCl)C1CCC1. The molecule has 4 nitrogen and oxygen atoms in total. The van der Waals surface area contributed by atoms with Crippen LogP contribution in [0.2, 0.25) is 0 Å². The minimum absolute atomic E-state index is 0.106. The fraction of sp³-hybridized carbons (Fsp3) is 0.500. The number of nitrogens with zero attached hydrogens (tertiary/aromatic N) is 1. The summed E-state index contributed by atoms with van der Waals surface area (Å²) in [6, 6.07) is 4.46. The summed E-state index contributed by atoms with van der Waals surface area (Å²) in [4.78, 5) is 14.3. The Hall–Kier alpha value is -1.42. The molecule has 1 amide bonds. The van der Waals surface area contributed by atoms with Crippen LogP contribution in [0.4, 0.5) is 0 Å². The molecule has 0 spiro atoms. The fourth-order valence-corrected chi connectivity index (χ4v) is 2.32. The average Bonchev–Trinajstić information content (AvgIpc) is 2.34. The predicted molar refractivity (Wildman–Crippen MR) is 73.8 cm³/mol. The van der Waals surface area contributed by atoms with Gasteiger partial charge < -0.3 is 15.1 Å². The van der Waals surface area contributed by atoms with Gasteiger partial charge in [0, 0.05) is 24.0 Å². The van der Waals surface area contributed by atoms with Gasteiger partial charge in [0.15, 0.2) is 11.5 Å². The monoisotopic (exact) mass is 283 g/mol. The first-order chi connectivity index (χ1) is 9.13. The van der Waals surface area contributed by atoms with E-state index in [0.717, 1.165) is 25.7 Å². The van der Waals surface area contributed by atoms with Gasteiger partial charge in [-0.2, -0.15) is 0 Å². The molecule has 1 aliphatic rings. The van der Waals surface area contributed by atoms with Crippen molar-refractivity contribution >= 4 is 17.5 Å². The number of phenolic OH excluding ortho intramolecular Hbond substituents is 2. The molecule has 1 fully saturated rings. The summed E-state index contributed by atoms with van der Waals surface area (Å²) in [7, 11) is 0. The highest BCUT2D eigenvalue weighted by atomic mass is 35.5. The molecular weight excluding hydrogens is 266 g/mol. The maximum atomic E-state index is 12.4. The lowest BCUT2D eigenvalue weighted by molar-refractivity contribution is 0.0580. The lowest BCUT2D eigenvalue weighted by atomic mass is 9.90. The molecule has 0 atom stereocenters. The van der Waals surface area contributed by atoms with Crippen LogP contribution in [0, 0.1) is 0 Å². The standard InChI is InChI=1S/C14H18ClNO3/c15-7-2-8-16(11-3-1-4-11)14(19)10-5-6-12(17)13(18)9-10/h5-6,9,11,17-18H,1-4,7-8H2. The van der Waals surface area contributed by atoms with Gasteiger partial charge in [-0.25, -0.2) is 0 Å². The topological polar surface area (TPSA) is 60.8 Å². The molecule has 0 heterocycles. The molecule has 1 saturated carbocycles. The van der Waals surface area contributed by atoms with Crippen molar-refractivity contribution in [3.63, 3.8) is 0 Å². The van der Waals surface area contributed by atoms with Crippen LogP contribution in [0.5, 0.6) is 11.5 Å². The van der Waals surface area contributed by atoms with Crippen molar-refractivity contribution in [3.05, 3.63) is 23.8 Å². The van der Waals surface area contributed by atoms with Gasteiger partial charge in [0.1, 0.15) is 0 Å². The van der Waals surface area contributed by atoms with Crippen LogP contribution in [0.1, 0.15) is 36.0 Å². The number of carbonyl (C=O) groups excluding carboxylic acids is 1. The zero-order valence-electron chi connectivity index (χ0n) is 10.7. The second kappa shape index (κ2) is 6.15. The second-order valence-corrected chi connectivity index (χ2v) is 5.21. The van der Waals surface area contributed by atoms with Crippen molar-refractivity contribution in [3.8, 4) is 11.5 Å². The van der Waals surface area contributed by atoms with Crippen molar-refractivity contribution < 1.29 is 15.0 Å². The number of carbonyl (C=O) groups is 1. The Morgan fingerprint density at radius 2 is 2.05 bits per heavy atom. The molecule has 0 unspecified atom stereocenters. The second-order valence-electron chi connectivity index (χ2n) is 4.83. The van der Waals surface area contributed by atoms with E-state index in [-0.39, 0.29) is 23.4 Å². The first kappa shape index (κ1) is 14.0. The summed E-state index contributed by atoms with van der Waals surface area (Å²) < 4.78 is 0. The maximum absolute atomic E-state index is 12.4. The minimum atomic E-state index is -0.267. The molecule has 2 N–H and O–H groups in total. The van der Waals surface area contributed by atoms with E-state index in [4.69, 9.17) is 11.6 Å². The minimum Gasteiger partial charge on any atom is -0.504 e. The molecule has 1 aliphatic carbocycles. The van der Waals surface area contributed by atoms with Gasteiger partial charge in [-0.05, 0) is 43.9 Å². The van der Waals surface area contributed by atoms with Gasteiger partial charge in [-0.15, -0.1) is 11.6 Å². The lowest BCUT2D eigenvalue weighted by Gasteiger charge is -2.37. The van der Waals surface area contributed by atoms with Crippen LogP contribution in [0.25, 0.3) is 0 Å². The summed E-state index contributed by atoms with van der Waals surface area (Å²) in [5.41, 5.74) is 0.400. The molecule has 1 aromatic rings.